The number of rotatable bonds is 4. The maximum absolute atomic E-state index is 6.63. The molecule has 37 heavy (non-hydrogen) atoms. The van der Waals surface area contributed by atoms with Crippen LogP contribution in [-0.2, 0) is 7.05 Å². The summed E-state index contributed by atoms with van der Waals surface area (Å²) in [4.78, 5) is 4.54. The lowest BCUT2D eigenvalue weighted by Gasteiger charge is -2.19. The van der Waals surface area contributed by atoms with Gasteiger partial charge in [0.05, 0.1) is 12.6 Å². The molecule has 6 aromatic rings. The number of para-hydroxylation sites is 2. The van der Waals surface area contributed by atoms with Crippen molar-refractivity contribution < 1.29 is 8.98 Å². The van der Waals surface area contributed by atoms with Crippen molar-refractivity contribution in [2.45, 2.75) is 53.4 Å². The van der Waals surface area contributed by atoms with Gasteiger partial charge >= 0.3 is 0 Å². The Labute approximate surface area is 218 Å². The Balaban J connectivity index is 1.89. The summed E-state index contributed by atoms with van der Waals surface area (Å²) in [6, 6.07) is 19.5. The molecule has 0 aliphatic rings. The molecule has 0 saturated heterocycles. The molecule has 0 unspecified atom stereocenters. The third-order valence-corrected chi connectivity index (χ3v) is 7.74. The van der Waals surface area contributed by atoms with Crippen LogP contribution < -0.4 is 4.57 Å². The van der Waals surface area contributed by atoms with E-state index in [9.17, 15) is 0 Å². The van der Waals surface area contributed by atoms with Crippen LogP contribution in [0.3, 0.4) is 0 Å². The summed E-state index contributed by atoms with van der Waals surface area (Å²) in [5.41, 5.74) is 11.7. The molecule has 0 bridgehead atoms. The average Bonchev–Trinajstić information content (AvgIpc) is 3.38. The highest BCUT2D eigenvalue weighted by atomic mass is 16.3. The van der Waals surface area contributed by atoms with Crippen molar-refractivity contribution in [2.24, 2.45) is 7.05 Å². The monoisotopic (exact) mass is 488 g/mol. The van der Waals surface area contributed by atoms with E-state index in [-0.39, 0.29) is 5.92 Å². The molecule has 0 fully saturated rings. The lowest BCUT2D eigenvalue weighted by Crippen LogP contribution is -2.37. The topological polar surface area (TPSA) is 34.8 Å². The fraction of sp³-hybridized carbons (Fsp3) is 0.273. The number of furan rings is 1. The summed E-state index contributed by atoms with van der Waals surface area (Å²) < 4.78 is 11.4. The van der Waals surface area contributed by atoms with Crippen molar-refractivity contribution in [3.63, 3.8) is 0 Å². The van der Waals surface area contributed by atoms with Crippen LogP contribution in [-0.4, -0.2) is 9.55 Å². The van der Waals surface area contributed by atoms with Crippen LogP contribution in [0.2, 0.25) is 0 Å². The number of aromatic nitrogens is 3. The van der Waals surface area contributed by atoms with E-state index in [1.807, 2.05) is 12.4 Å². The summed E-state index contributed by atoms with van der Waals surface area (Å²) in [5.74, 6) is 1.71. The lowest BCUT2D eigenvalue weighted by molar-refractivity contribution is -0.557. The molecular weight excluding hydrogens is 454 g/mol. The maximum atomic E-state index is 6.63. The molecular formula is C33H34N3O+. The number of nitrogens with zero attached hydrogens (tertiary/aromatic N) is 3. The average molecular weight is 489 g/mol. The zero-order chi connectivity index (χ0) is 26.0. The van der Waals surface area contributed by atoms with Crippen LogP contribution in [0.15, 0.2) is 71.4 Å². The van der Waals surface area contributed by atoms with E-state index in [1.165, 1.54) is 49.7 Å². The molecule has 0 radical (unpaired) electrons. The van der Waals surface area contributed by atoms with Crippen LogP contribution in [0.25, 0.3) is 50.0 Å². The van der Waals surface area contributed by atoms with Crippen LogP contribution in [0.4, 0.5) is 0 Å². The van der Waals surface area contributed by atoms with Crippen LogP contribution in [0.5, 0.6) is 0 Å². The van der Waals surface area contributed by atoms with Gasteiger partial charge in [0.25, 0.3) is 5.82 Å². The summed E-state index contributed by atoms with van der Waals surface area (Å²) in [6.07, 6.45) is 3.87. The second-order valence-electron chi connectivity index (χ2n) is 10.9. The smallest absolute Gasteiger partial charge is 0.296 e. The molecule has 4 nitrogen and oxygen atoms in total. The summed E-state index contributed by atoms with van der Waals surface area (Å²) in [6.45, 7) is 13.5. The van der Waals surface area contributed by atoms with Crippen LogP contribution in [0, 0.1) is 13.8 Å². The van der Waals surface area contributed by atoms with Crippen molar-refractivity contribution >= 4 is 33.0 Å². The first kappa shape index (κ1) is 23.5. The van der Waals surface area contributed by atoms with E-state index >= 15 is 0 Å². The summed E-state index contributed by atoms with van der Waals surface area (Å²) in [7, 11) is 2.17. The van der Waals surface area contributed by atoms with Gasteiger partial charge in [-0.2, -0.15) is 4.57 Å². The van der Waals surface area contributed by atoms with E-state index in [0.717, 1.165) is 22.6 Å². The Morgan fingerprint density at radius 3 is 2.38 bits per heavy atom. The molecule has 0 saturated carbocycles. The number of fused-ring (bicyclic) bond motifs is 4. The summed E-state index contributed by atoms with van der Waals surface area (Å²) in [5, 5.41) is 2.37. The molecule has 6 rings (SSSR count). The van der Waals surface area contributed by atoms with Gasteiger partial charge in [-0.1, -0.05) is 58.0 Å². The Kier molecular flexibility index (Phi) is 5.45. The van der Waals surface area contributed by atoms with Gasteiger partial charge in [0.2, 0.25) is 0 Å². The van der Waals surface area contributed by atoms with Crippen LogP contribution >= 0.6 is 0 Å². The van der Waals surface area contributed by atoms with Gasteiger partial charge in [-0.25, -0.2) is 4.57 Å². The molecule has 0 aliphatic carbocycles. The Bertz CT molecular complexity index is 1820. The number of aryl methyl sites for hydroxylation is 3. The molecule has 0 N–H and O–H groups in total. The highest BCUT2D eigenvalue weighted by Crippen LogP contribution is 2.41. The van der Waals surface area contributed by atoms with Gasteiger partial charge in [-0.3, -0.25) is 4.98 Å². The van der Waals surface area contributed by atoms with Crippen molar-refractivity contribution in [1.29, 1.82) is 0 Å². The molecule has 4 heteroatoms. The molecule has 0 aliphatic heterocycles. The fourth-order valence-corrected chi connectivity index (χ4v) is 5.91. The van der Waals surface area contributed by atoms with Gasteiger partial charge in [-0.15, -0.1) is 0 Å². The molecule has 0 atom stereocenters. The second kappa shape index (κ2) is 8.58. The van der Waals surface area contributed by atoms with E-state index in [1.54, 1.807) is 0 Å². The third kappa shape index (κ3) is 3.42. The minimum Gasteiger partial charge on any atom is -0.456 e. The molecule has 0 amide bonds. The zero-order valence-corrected chi connectivity index (χ0v) is 22.8. The van der Waals surface area contributed by atoms with Crippen molar-refractivity contribution in [2.75, 3.05) is 0 Å². The number of pyridine rings is 1. The summed E-state index contributed by atoms with van der Waals surface area (Å²) >= 11 is 0. The third-order valence-electron chi connectivity index (χ3n) is 7.74. The van der Waals surface area contributed by atoms with Gasteiger partial charge in [0.1, 0.15) is 16.9 Å². The SMILES string of the molecule is Cc1ccncc1-c1n(C)c2cccc(C)c2[n+]1-c1c(C(C)C)cc2c(oc3ccccc32)c1C(C)C. The van der Waals surface area contributed by atoms with E-state index < -0.39 is 0 Å². The van der Waals surface area contributed by atoms with Crippen molar-refractivity contribution in [1.82, 2.24) is 9.55 Å². The number of benzene rings is 3. The normalized spacial score (nSPS) is 12.1. The minimum atomic E-state index is 0.256. The number of hydrogen-bond acceptors (Lipinski definition) is 2. The first-order valence-corrected chi connectivity index (χ1v) is 13.2. The maximum Gasteiger partial charge on any atom is 0.296 e. The minimum absolute atomic E-state index is 0.256. The Morgan fingerprint density at radius 2 is 1.65 bits per heavy atom. The predicted molar refractivity (Wildman–Crippen MR) is 153 cm³/mol. The lowest BCUT2D eigenvalue weighted by atomic mass is 9.89. The van der Waals surface area contributed by atoms with Gasteiger partial charge < -0.3 is 4.42 Å². The van der Waals surface area contributed by atoms with E-state index in [2.05, 4.69) is 117 Å². The first-order chi connectivity index (χ1) is 17.8. The molecule has 3 aromatic carbocycles. The highest BCUT2D eigenvalue weighted by molar-refractivity contribution is 6.07. The van der Waals surface area contributed by atoms with Gasteiger partial charge in [0.15, 0.2) is 11.0 Å². The first-order valence-electron chi connectivity index (χ1n) is 13.2. The molecule has 3 aromatic heterocycles. The quantitative estimate of drug-likeness (QED) is 0.234. The van der Waals surface area contributed by atoms with E-state index in [0.29, 0.717) is 5.92 Å². The fourth-order valence-electron chi connectivity index (χ4n) is 5.91. The zero-order valence-electron chi connectivity index (χ0n) is 22.8. The molecule has 0 spiro atoms. The Hall–Kier alpha value is -3.92. The molecule has 186 valence electrons. The molecule has 3 heterocycles. The highest BCUT2D eigenvalue weighted by Gasteiger charge is 2.34. The largest absolute Gasteiger partial charge is 0.456 e. The predicted octanol–water partition coefficient (Wildman–Crippen LogP) is 8.28. The van der Waals surface area contributed by atoms with Crippen LogP contribution in [0.1, 0.15) is 61.8 Å². The van der Waals surface area contributed by atoms with Crippen molar-refractivity contribution in [3.05, 3.63) is 89.2 Å². The van der Waals surface area contributed by atoms with E-state index in [4.69, 9.17) is 4.42 Å². The second-order valence-corrected chi connectivity index (χ2v) is 10.9. The van der Waals surface area contributed by atoms with Gasteiger partial charge in [-0.05, 0) is 55.5 Å². The number of hydrogen-bond donors (Lipinski definition) is 0. The van der Waals surface area contributed by atoms with Crippen molar-refractivity contribution in [3.8, 4) is 17.1 Å². The van der Waals surface area contributed by atoms with Gasteiger partial charge in [0, 0.05) is 39.9 Å². The standard InChI is InChI=1S/C33H34N3O/c1-19(2)24-17-25-23-12-8-9-14-28(23)37-32(25)29(20(3)4)31(24)36-30-22(6)11-10-13-27(30)35(7)33(36)26-18-34-16-15-21(26)5/h8-20H,1-7H3/q+1. The Morgan fingerprint density at radius 1 is 0.865 bits per heavy atom. The number of imidazole rings is 1.